The summed E-state index contributed by atoms with van der Waals surface area (Å²) in [6.45, 7) is 5.46. The van der Waals surface area contributed by atoms with Crippen LogP contribution in [0.3, 0.4) is 0 Å². The Morgan fingerprint density at radius 2 is 2.12 bits per heavy atom. The maximum Gasteiger partial charge on any atom is 0.214 e. The van der Waals surface area contributed by atoms with Gasteiger partial charge in [0.1, 0.15) is 6.54 Å². The quantitative estimate of drug-likeness (QED) is 0.780. The lowest BCUT2D eigenvalue weighted by Crippen LogP contribution is -3.13. The van der Waals surface area contributed by atoms with Gasteiger partial charge in [-0.05, 0) is 19.1 Å². The molecule has 1 fully saturated rings. The van der Waals surface area contributed by atoms with Crippen molar-refractivity contribution in [2.24, 2.45) is 0 Å². The van der Waals surface area contributed by atoms with E-state index in [1.165, 1.54) is 4.90 Å². The fraction of sp³-hybridized carbons (Fsp3) is 0.636. The Kier molecular flexibility index (Phi) is 3.86. The molecule has 1 aliphatic heterocycles. The second kappa shape index (κ2) is 5.20. The molecule has 0 unspecified atom stereocenters. The molecule has 1 saturated heterocycles. The third-order valence-corrected chi connectivity index (χ3v) is 5.07. The summed E-state index contributed by atoms with van der Waals surface area (Å²) in [7, 11) is -3.01. The highest BCUT2D eigenvalue weighted by atomic mass is 32.2. The number of piperazine rings is 1. The van der Waals surface area contributed by atoms with Crippen LogP contribution >= 0.6 is 0 Å². The minimum Gasteiger partial charge on any atom is -0.463 e. The molecular formula is C11H19N2O3S+. The SMILES string of the molecule is CCS(=O)(=O)N1CC[NH+](Cc2ccco2)CC1. The topological polar surface area (TPSA) is 55.0 Å². The van der Waals surface area contributed by atoms with Crippen LogP contribution in [0, 0.1) is 0 Å². The Morgan fingerprint density at radius 1 is 1.41 bits per heavy atom. The van der Waals surface area contributed by atoms with E-state index in [1.54, 1.807) is 17.5 Å². The molecule has 0 aliphatic carbocycles. The van der Waals surface area contributed by atoms with E-state index >= 15 is 0 Å². The largest absolute Gasteiger partial charge is 0.463 e. The lowest BCUT2D eigenvalue weighted by molar-refractivity contribution is -0.918. The third-order valence-electron chi connectivity index (χ3n) is 3.19. The monoisotopic (exact) mass is 259 g/mol. The summed E-state index contributed by atoms with van der Waals surface area (Å²) in [6.07, 6.45) is 1.67. The zero-order chi connectivity index (χ0) is 12.3. The van der Waals surface area contributed by atoms with Crippen LogP contribution in [0.15, 0.2) is 22.8 Å². The first-order valence-electron chi connectivity index (χ1n) is 5.95. The normalized spacial score (nSPS) is 19.6. The van der Waals surface area contributed by atoms with Gasteiger partial charge in [-0.1, -0.05) is 0 Å². The van der Waals surface area contributed by atoms with Gasteiger partial charge in [-0.25, -0.2) is 8.42 Å². The van der Waals surface area contributed by atoms with Gasteiger partial charge < -0.3 is 9.32 Å². The Labute approximate surface area is 102 Å². The van der Waals surface area contributed by atoms with Gasteiger partial charge in [0.2, 0.25) is 10.0 Å². The van der Waals surface area contributed by atoms with Crippen molar-refractivity contribution < 1.29 is 17.7 Å². The number of sulfonamides is 1. The average Bonchev–Trinajstić information content (AvgIpc) is 2.83. The van der Waals surface area contributed by atoms with Crippen molar-refractivity contribution in [1.82, 2.24) is 4.31 Å². The first kappa shape index (κ1) is 12.6. The minimum atomic E-state index is -3.01. The highest BCUT2D eigenvalue weighted by molar-refractivity contribution is 7.89. The van der Waals surface area contributed by atoms with Gasteiger partial charge in [-0.2, -0.15) is 4.31 Å². The standard InChI is InChI=1S/C11H18N2O3S/c1-2-17(14,15)13-7-5-12(6-8-13)10-11-4-3-9-16-11/h3-4,9H,2,5-8,10H2,1H3/p+1. The Hall–Kier alpha value is -0.850. The van der Waals surface area contributed by atoms with Crippen molar-refractivity contribution in [3.8, 4) is 0 Å². The molecule has 5 nitrogen and oxygen atoms in total. The molecule has 1 aromatic rings. The van der Waals surface area contributed by atoms with Gasteiger partial charge in [-0.3, -0.25) is 0 Å². The minimum absolute atomic E-state index is 0.195. The van der Waals surface area contributed by atoms with E-state index in [4.69, 9.17) is 4.42 Å². The van der Waals surface area contributed by atoms with E-state index in [9.17, 15) is 8.42 Å². The predicted molar refractivity (Wildman–Crippen MR) is 64.1 cm³/mol. The summed E-state index contributed by atoms with van der Waals surface area (Å²) < 4.78 is 30.2. The van der Waals surface area contributed by atoms with Crippen LogP contribution in [0.4, 0.5) is 0 Å². The average molecular weight is 259 g/mol. The van der Waals surface area contributed by atoms with Gasteiger partial charge in [0.25, 0.3) is 0 Å². The second-order valence-electron chi connectivity index (χ2n) is 4.31. The summed E-state index contributed by atoms with van der Waals surface area (Å²) in [6, 6.07) is 3.84. The van der Waals surface area contributed by atoms with E-state index in [2.05, 4.69) is 0 Å². The number of hydrogen-bond acceptors (Lipinski definition) is 3. The number of furan rings is 1. The zero-order valence-corrected chi connectivity index (χ0v) is 10.9. The number of nitrogens with one attached hydrogen (secondary N) is 1. The second-order valence-corrected chi connectivity index (χ2v) is 6.56. The van der Waals surface area contributed by atoms with Crippen molar-refractivity contribution in [3.05, 3.63) is 24.2 Å². The van der Waals surface area contributed by atoms with E-state index in [1.807, 2.05) is 12.1 Å². The molecular weight excluding hydrogens is 240 g/mol. The van der Waals surface area contributed by atoms with Gasteiger partial charge >= 0.3 is 0 Å². The first-order chi connectivity index (χ1) is 8.12. The molecule has 1 N–H and O–H groups in total. The van der Waals surface area contributed by atoms with Crippen LogP contribution in [0.1, 0.15) is 12.7 Å². The van der Waals surface area contributed by atoms with E-state index in [-0.39, 0.29) is 5.75 Å². The summed E-state index contributed by atoms with van der Waals surface area (Å²) in [5.41, 5.74) is 0. The molecule has 0 saturated carbocycles. The molecule has 0 atom stereocenters. The lowest BCUT2D eigenvalue weighted by atomic mass is 10.3. The van der Waals surface area contributed by atoms with Crippen molar-refractivity contribution in [3.63, 3.8) is 0 Å². The van der Waals surface area contributed by atoms with Gasteiger partial charge in [0.15, 0.2) is 5.76 Å². The molecule has 1 aromatic heterocycles. The van der Waals surface area contributed by atoms with Crippen molar-refractivity contribution >= 4 is 10.0 Å². The van der Waals surface area contributed by atoms with E-state index in [0.717, 1.165) is 25.4 Å². The molecule has 0 amide bonds. The van der Waals surface area contributed by atoms with Gasteiger partial charge in [0.05, 0.1) is 38.2 Å². The summed E-state index contributed by atoms with van der Waals surface area (Å²) in [5, 5.41) is 0. The van der Waals surface area contributed by atoms with Crippen LogP contribution in [0.2, 0.25) is 0 Å². The number of quaternary nitrogens is 1. The Balaban J connectivity index is 1.86. The molecule has 2 heterocycles. The Morgan fingerprint density at radius 3 is 2.65 bits per heavy atom. The zero-order valence-electron chi connectivity index (χ0n) is 10.1. The summed E-state index contributed by atoms with van der Waals surface area (Å²) in [4.78, 5) is 1.38. The van der Waals surface area contributed by atoms with Crippen LogP contribution in [0.5, 0.6) is 0 Å². The van der Waals surface area contributed by atoms with Gasteiger partial charge in [-0.15, -0.1) is 0 Å². The van der Waals surface area contributed by atoms with Gasteiger partial charge in [0, 0.05) is 0 Å². The molecule has 0 bridgehead atoms. The van der Waals surface area contributed by atoms with E-state index < -0.39 is 10.0 Å². The van der Waals surface area contributed by atoms with Crippen molar-refractivity contribution in [1.29, 1.82) is 0 Å². The molecule has 6 heteroatoms. The fourth-order valence-electron chi connectivity index (χ4n) is 2.10. The lowest BCUT2D eigenvalue weighted by Gasteiger charge is -2.30. The molecule has 0 radical (unpaired) electrons. The molecule has 2 rings (SSSR count). The number of rotatable bonds is 4. The molecule has 96 valence electrons. The van der Waals surface area contributed by atoms with Crippen LogP contribution in [-0.4, -0.2) is 44.7 Å². The number of hydrogen-bond donors (Lipinski definition) is 1. The predicted octanol–water partition coefficient (Wildman–Crippen LogP) is -0.670. The molecule has 1 aliphatic rings. The highest BCUT2D eigenvalue weighted by Gasteiger charge is 2.27. The molecule has 0 spiro atoms. The van der Waals surface area contributed by atoms with Crippen LogP contribution in [-0.2, 0) is 16.6 Å². The molecule has 0 aromatic carbocycles. The maximum absolute atomic E-state index is 11.7. The molecule has 17 heavy (non-hydrogen) atoms. The van der Waals surface area contributed by atoms with E-state index in [0.29, 0.717) is 13.1 Å². The van der Waals surface area contributed by atoms with Crippen LogP contribution < -0.4 is 4.90 Å². The fourth-order valence-corrected chi connectivity index (χ4v) is 3.20. The van der Waals surface area contributed by atoms with Crippen LogP contribution in [0.25, 0.3) is 0 Å². The maximum atomic E-state index is 11.7. The third kappa shape index (κ3) is 3.08. The number of nitrogens with zero attached hydrogens (tertiary/aromatic N) is 1. The highest BCUT2D eigenvalue weighted by Crippen LogP contribution is 2.02. The smallest absolute Gasteiger partial charge is 0.214 e. The summed E-state index contributed by atoms with van der Waals surface area (Å²) in [5.74, 6) is 1.16. The summed E-state index contributed by atoms with van der Waals surface area (Å²) >= 11 is 0. The Bertz CT molecular complexity index is 433. The van der Waals surface area contributed by atoms with Crippen molar-refractivity contribution in [2.75, 3.05) is 31.9 Å². The van der Waals surface area contributed by atoms with Crippen molar-refractivity contribution in [2.45, 2.75) is 13.5 Å². The first-order valence-corrected chi connectivity index (χ1v) is 7.56.